The molecule has 11 nitrogen and oxygen atoms in total. The zero-order valence-electron chi connectivity index (χ0n) is 22.4. The molecular weight excluding hydrogens is 575 g/mol. The molecule has 1 aromatic heterocycles. The quantitative estimate of drug-likeness (QED) is 0.481. The van der Waals surface area contributed by atoms with Crippen LogP contribution in [0.4, 0.5) is 9.18 Å². The molecule has 2 saturated heterocycles. The molecular formula is C27H28ClFN6O5S. The smallest absolute Gasteiger partial charge is 0.338 e. The molecule has 3 atom stereocenters. The van der Waals surface area contributed by atoms with E-state index in [1.165, 1.54) is 43.8 Å². The van der Waals surface area contributed by atoms with Crippen molar-refractivity contribution in [2.45, 2.75) is 37.0 Å². The van der Waals surface area contributed by atoms with E-state index >= 15 is 0 Å². The van der Waals surface area contributed by atoms with Gasteiger partial charge in [-0.05, 0) is 25.0 Å². The number of carbonyl (C=O) groups excluding carboxylic acids is 3. The van der Waals surface area contributed by atoms with E-state index in [0.717, 1.165) is 12.8 Å². The van der Waals surface area contributed by atoms with Crippen LogP contribution in [0.2, 0.25) is 5.02 Å². The fraction of sp³-hybridized carbons (Fsp3) is 0.444. The van der Waals surface area contributed by atoms with Crippen molar-refractivity contribution in [3.05, 3.63) is 62.5 Å². The minimum atomic E-state index is -0.929. The van der Waals surface area contributed by atoms with E-state index in [0.29, 0.717) is 41.7 Å². The maximum Gasteiger partial charge on any atom is 0.338 e. The van der Waals surface area contributed by atoms with Gasteiger partial charge in [-0.2, -0.15) is 0 Å². The van der Waals surface area contributed by atoms with Crippen LogP contribution in [0, 0.1) is 5.82 Å². The summed E-state index contributed by atoms with van der Waals surface area (Å²) >= 11 is 7.81. The van der Waals surface area contributed by atoms with Crippen LogP contribution in [-0.4, -0.2) is 102 Å². The van der Waals surface area contributed by atoms with Gasteiger partial charge in [0.15, 0.2) is 10.8 Å². The summed E-state index contributed by atoms with van der Waals surface area (Å²) in [6.07, 6.45) is 3.56. The first kappa shape index (κ1) is 27.6. The van der Waals surface area contributed by atoms with Crippen LogP contribution in [0.3, 0.4) is 0 Å². The summed E-state index contributed by atoms with van der Waals surface area (Å²) in [5.74, 6) is -1.24. The number of thiazole rings is 1. The molecule has 0 spiro atoms. The Kier molecular flexibility index (Phi) is 7.43. The molecule has 41 heavy (non-hydrogen) atoms. The molecule has 2 aromatic rings. The summed E-state index contributed by atoms with van der Waals surface area (Å²) in [6, 6.07) is 1.99. The molecule has 216 valence electrons. The number of fused-ring (bicyclic) bond motifs is 1. The van der Waals surface area contributed by atoms with Gasteiger partial charge < -0.3 is 24.6 Å². The van der Waals surface area contributed by atoms with Crippen molar-refractivity contribution in [2.75, 3.05) is 40.4 Å². The third-order valence-corrected chi connectivity index (χ3v) is 8.98. The second kappa shape index (κ2) is 11.0. The van der Waals surface area contributed by atoms with Gasteiger partial charge in [-0.15, -0.1) is 11.3 Å². The number of ether oxygens (including phenoxy) is 2. The van der Waals surface area contributed by atoms with E-state index < -0.39 is 35.9 Å². The van der Waals surface area contributed by atoms with E-state index in [2.05, 4.69) is 10.3 Å². The molecule has 1 saturated carbocycles. The van der Waals surface area contributed by atoms with Gasteiger partial charge in [0.05, 0.1) is 25.8 Å². The molecule has 1 unspecified atom stereocenters. The van der Waals surface area contributed by atoms with Crippen LogP contribution in [0.1, 0.15) is 29.5 Å². The van der Waals surface area contributed by atoms with E-state index in [-0.39, 0.29) is 29.2 Å². The van der Waals surface area contributed by atoms with Crippen molar-refractivity contribution in [3.8, 4) is 0 Å². The highest BCUT2D eigenvalue weighted by Gasteiger charge is 2.53. The van der Waals surface area contributed by atoms with E-state index in [9.17, 15) is 18.8 Å². The van der Waals surface area contributed by atoms with E-state index in [1.807, 2.05) is 9.80 Å². The average molecular weight is 603 g/mol. The second-order valence-corrected chi connectivity index (χ2v) is 11.6. The minimum Gasteiger partial charge on any atom is -0.468 e. The Morgan fingerprint density at radius 3 is 2.66 bits per heavy atom. The molecule has 4 aliphatic rings. The number of hydrogen-bond acceptors (Lipinski definition) is 10. The van der Waals surface area contributed by atoms with Crippen molar-refractivity contribution < 1.29 is 28.2 Å². The molecule has 3 aliphatic heterocycles. The highest BCUT2D eigenvalue weighted by atomic mass is 35.5. The number of nitrogens with one attached hydrogen (secondary N) is 1. The number of piperazine rings is 1. The Balaban J connectivity index is 1.41. The highest BCUT2D eigenvalue weighted by molar-refractivity contribution is 7.11. The number of esters is 2. The normalized spacial score (nSPS) is 24.6. The number of carbonyl (C=O) groups is 3. The summed E-state index contributed by atoms with van der Waals surface area (Å²) in [7, 11) is 2.59. The molecule has 4 heterocycles. The lowest BCUT2D eigenvalue weighted by Gasteiger charge is -2.43. The molecule has 14 heteroatoms. The van der Waals surface area contributed by atoms with Gasteiger partial charge in [-0.3, -0.25) is 14.7 Å². The monoisotopic (exact) mass is 602 g/mol. The first-order valence-corrected chi connectivity index (χ1v) is 14.5. The number of benzene rings is 1. The Labute approximate surface area is 244 Å². The highest BCUT2D eigenvalue weighted by Crippen LogP contribution is 2.38. The summed E-state index contributed by atoms with van der Waals surface area (Å²) in [4.78, 5) is 54.3. The average Bonchev–Trinajstić information content (AvgIpc) is 3.54. The molecule has 0 radical (unpaired) electrons. The Bertz CT molecular complexity index is 1450. The molecule has 0 bridgehead atoms. The van der Waals surface area contributed by atoms with Crippen molar-refractivity contribution in [2.24, 2.45) is 4.99 Å². The Hall–Kier alpha value is -3.55. The number of rotatable bonds is 7. The number of hydrogen-bond donors (Lipinski definition) is 1. The first-order chi connectivity index (χ1) is 19.8. The number of aromatic nitrogens is 1. The van der Waals surface area contributed by atoms with E-state index in [4.69, 9.17) is 26.1 Å². The van der Waals surface area contributed by atoms with Gasteiger partial charge in [-0.25, -0.2) is 19.0 Å². The standard InChI is InChI=1S/C27H28ClFN6O5S/c1-39-25(36)20-18(31-23(24-30-7-10-41-24)32-21(20)16-6-3-14(29)11-17(16)28)12-33-8-9-34-19(22(33)26(37)40-2)13-35(27(34)38)15-4-5-15/h3,6-7,10-11,15,19,21-22H,4-5,8-9,12-13H2,1-2H3,(H,31,32)/t19-,21+,22?/m1/s1. The number of amides is 2. The number of aliphatic imine (C=N–C) groups is 1. The van der Waals surface area contributed by atoms with Gasteiger partial charge in [0.25, 0.3) is 0 Å². The van der Waals surface area contributed by atoms with Crippen molar-refractivity contribution in [1.29, 1.82) is 0 Å². The maximum atomic E-state index is 14.0. The van der Waals surface area contributed by atoms with Gasteiger partial charge >= 0.3 is 18.0 Å². The zero-order valence-corrected chi connectivity index (χ0v) is 24.0. The lowest BCUT2D eigenvalue weighted by atomic mass is 9.94. The lowest BCUT2D eigenvalue weighted by Crippen LogP contribution is -2.62. The molecule has 1 N–H and O–H groups in total. The number of methoxy groups -OCH3 is 2. The van der Waals surface area contributed by atoms with Gasteiger partial charge in [0.2, 0.25) is 0 Å². The summed E-state index contributed by atoms with van der Waals surface area (Å²) in [6.45, 7) is 1.33. The van der Waals surface area contributed by atoms with Gasteiger partial charge in [0.1, 0.15) is 17.9 Å². The molecule has 3 fully saturated rings. The van der Waals surface area contributed by atoms with Crippen LogP contribution >= 0.6 is 22.9 Å². The van der Waals surface area contributed by atoms with Crippen molar-refractivity contribution in [3.63, 3.8) is 0 Å². The van der Waals surface area contributed by atoms with Gasteiger partial charge in [0, 0.05) is 60.1 Å². The van der Waals surface area contributed by atoms with Crippen molar-refractivity contribution in [1.82, 2.24) is 25.0 Å². The Morgan fingerprint density at radius 1 is 1.20 bits per heavy atom. The SMILES string of the molecule is COC(=O)C1=C(CN2CCN3C(=O)N(C4CC4)C[C@@H]3C2C(=O)OC)NC(c2nccs2)=N[C@H]1c1ccc(F)cc1Cl. The number of urea groups is 1. The first-order valence-electron chi connectivity index (χ1n) is 13.2. The van der Waals surface area contributed by atoms with Crippen molar-refractivity contribution >= 4 is 46.7 Å². The van der Waals surface area contributed by atoms with Crippen LogP contribution in [0.15, 0.2) is 46.0 Å². The molecule has 1 aliphatic carbocycles. The van der Waals surface area contributed by atoms with Crippen LogP contribution in [-0.2, 0) is 19.1 Å². The third kappa shape index (κ3) is 5.06. The summed E-state index contributed by atoms with van der Waals surface area (Å²) in [5, 5.41) is 5.73. The van der Waals surface area contributed by atoms with Crippen LogP contribution < -0.4 is 5.32 Å². The second-order valence-electron chi connectivity index (χ2n) is 10.3. The summed E-state index contributed by atoms with van der Waals surface area (Å²) in [5.41, 5.74) is 1.03. The van der Waals surface area contributed by atoms with Gasteiger partial charge in [-0.1, -0.05) is 17.7 Å². The largest absolute Gasteiger partial charge is 0.468 e. The minimum absolute atomic E-state index is 0.0551. The molecule has 6 rings (SSSR count). The molecule has 1 aromatic carbocycles. The van der Waals surface area contributed by atoms with E-state index in [1.54, 1.807) is 16.5 Å². The number of amidine groups is 1. The zero-order chi connectivity index (χ0) is 28.8. The van der Waals surface area contributed by atoms with Crippen LogP contribution in [0.25, 0.3) is 0 Å². The number of halogens is 2. The third-order valence-electron chi connectivity index (χ3n) is 7.88. The molecule has 2 amide bonds. The fourth-order valence-electron chi connectivity index (χ4n) is 5.80. The maximum absolute atomic E-state index is 14.0. The predicted octanol–water partition coefficient (Wildman–Crippen LogP) is 2.58. The predicted molar refractivity (Wildman–Crippen MR) is 148 cm³/mol. The summed E-state index contributed by atoms with van der Waals surface area (Å²) < 4.78 is 24.3. The Morgan fingerprint density at radius 2 is 2.00 bits per heavy atom. The topological polar surface area (TPSA) is 117 Å². The fourth-order valence-corrected chi connectivity index (χ4v) is 6.66. The lowest BCUT2D eigenvalue weighted by molar-refractivity contribution is -0.150. The number of nitrogens with zero attached hydrogens (tertiary/aromatic N) is 5. The van der Waals surface area contributed by atoms with Crippen LogP contribution in [0.5, 0.6) is 0 Å².